The number of benzene rings is 2. The van der Waals surface area contributed by atoms with Crippen LogP contribution in [-0.4, -0.2) is 25.0 Å². The Bertz CT molecular complexity index is 1110. The van der Waals surface area contributed by atoms with Gasteiger partial charge in [0.05, 0.1) is 5.57 Å². The number of rotatable bonds is 6. The van der Waals surface area contributed by atoms with E-state index in [1.165, 1.54) is 0 Å². The number of carbonyl (C=O) groups is 2. The molecule has 1 N–H and O–H groups in total. The van der Waals surface area contributed by atoms with Crippen molar-refractivity contribution in [3.8, 4) is 5.75 Å². The summed E-state index contributed by atoms with van der Waals surface area (Å²) in [7, 11) is 0. The van der Waals surface area contributed by atoms with Crippen molar-refractivity contribution in [2.24, 2.45) is 5.41 Å². The molecule has 0 unspecified atom stereocenters. The standard InChI is InChI=1S/C28H31NO4/c1-18-10-12-20(13-11-18)25-24(27(31)33-15-14-32-21-8-6-5-7-9-21)19(2)29-22-16-28(3,4)17-23(30)26(22)25/h5-13,25,29H,14-17H2,1-4H3/t25-/m0/s1. The van der Waals surface area contributed by atoms with Crippen LogP contribution in [0.15, 0.2) is 77.1 Å². The number of carbonyl (C=O) groups excluding carboxylic acids is 2. The molecule has 5 nitrogen and oxygen atoms in total. The Kier molecular flexibility index (Phi) is 6.41. The lowest BCUT2D eigenvalue weighted by Crippen LogP contribution is -2.38. The molecule has 0 fully saturated rings. The minimum absolute atomic E-state index is 0.0875. The minimum Gasteiger partial charge on any atom is -0.490 e. The molecule has 2 aromatic rings. The number of aryl methyl sites for hydroxylation is 1. The molecule has 1 atom stereocenters. The summed E-state index contributed by atoms with van der Waals surface area (Å²) in [5, 5.41) is 3.37. The molecule has 2 aliphatic rings. The fraction of sp³-hybridized carbons (Fsp3) is 0.357. The number of Topliss-reactive ketones (excluding diaryl/α,β-unsaturated/α-hetero) is 1. The van der Waals surface area contributed by atoms with Crippen molar-refractivity contribution in [2.75, 3.05) is 13.2 Å². The number of ketones is 1. The number of hydrogen-bond donors (Lipinski definition) is 1. The average molecular weight is 446 g/mol. The van der Waals surface area contributed by atoms with Crippen molar-refractivity contribution in [2.45, 2.75) is 46.5 Å². The van der Waals surface area contributed by atoms with Crippen LogP contribution in [0.25, 0.3) is 0 Å². The number of para-hydroxylation sites is 1. The van der Waals surface area contributed by atoms with Crippen molar-refractivity contribution < 1.29 is 19.1 Å². The highest BCUT2D eigenvalue weighted by atomic mass is 16.6. The average Bonchev–Trinajstić information content (AvgIpc) is 2.76. The quantitative estimate of drug-likeness (QED) is 0.488. The van der Waals surface area contributed by atoms with Crippen LogP contribution in [0, 0.1) is 12.3 Å². The Balaban J connectivity index is 1.59. The van der Waals surface area contributed by atoms with Gasteiger partial charge in [0.15, 0.2) is 5.78 Å². The van der Waals surface area contributed by atoms with Gasteiger partial charge in [-0.1, -0.05) is 61.9 Å². The zero-order valence-electron chi connectivity index (χ0n) is 19.7. The predicted molar refractivity (Wildman–Crippen MR) is 128 cm³/mol. The van der Waals surface area contributed by atoms with Crippen LogP contribution in [0.5, 0.6) is 5.75 Å². The Morgan fingerprint density at radius 1 is 1.00 bits per heavy atom. The van der Waals surface area contributed by atoms with Crippen LogP contribution in [0.2, 0.25) is 0 Å². The molecule has 0 saturated heterocycles. The van der Waals surface area contributed by atoms with E-state index in [2.05, 4.69) is 19.2 Å². The number of nitrogens with one attached hydrogen (secondary N) is 1. The molecule has 0 aromatic heterocycles. The summed E-state index contributed by atoms with van der Waals surface area (Å²) in [6.07, 6.45) is 1.23. The fourth-order valence-electron chi connectivity index (χ4n) is 4.69. The molecule has 1 aliphatic carbocycles. The van der Waals surface area contributed by atoms with Gasteiger partial charge in [0.1, 0.15) is 19.0 Å². The second kappa shape index (κ2) is 9.26. The SMILES string of the molecule is CC1=C(C(=O)OCCOc2ccccc2)[C@H](c2ccc(C)cc2)C2=C(CC(C)(C)CC2=O)N1. The summed E-state index contributed by atoms with van der Waals surface area (Å²) < 4.78 is 11.3. The van der Waals surface area contributed by atoms with E-state index in [4.69, 9.17) is 9.47 Å². The topological polar surface area (TPSA) is 64.6 Å². The Hall–Kier alpha value is -3.34. The third-order valence-corrected chi connectivity index (χ3v) is 6.20. The van der Waals surface area contributed by atoms with E-state index in [-0.39, 0.29) is 24.4 Å². The second-order valence-electron chi connectivity index (χ2n) is 9.64. The third-order valence-electron chi connectivity index (χ3n) is 6.20. The van der Waals surface area contributed by atoms with Gasteiger partial charge in [-0.05, 0) is 43.4 Å². The molecule has 33 heavy (non-hydrogen) atoms. The summed E-state index contributed by atoms with van der Waals surface area (Å²) in [6, 6.07) is 17.5. The van der Waals surface area contributed by atoms with E-state index >= 15 is 0 Å². The van der Waals surface area contributed by atoms with Crippen LogP contribution in [0.4, 0.5) is 0 Å². The maximum Gasteiger partial charge on any atom is 0.336 e. The van der Waals surface area contributed by atoms with Crippen LogP contribution in [0.3, 0.4) is 0 Å². The molecular formula is C28H31NO4. The van der Waals surface area contributed by atoms with Crippen molar-refractivity contribution in [1.82, 2.24) is 5.32 Å². The van der Waals surface area contributed by atoms with E-state index in [9.17, 15) is 9.59 Å². The lowest BCUT2D eigenvalue weighted by Gasteiger charge is -2.39. The van der Waals surface area contributed by atoms with E-state index in [1.807, 2.05) is 68.4 Å². The predicted octanol–water partition coefficient (Wildman–Crippen LogP) is 5.22. The number of allylic oxidation sites excluding steroid dienone is 3. The first-order valence-corrected chi connectivity index (χ1v) is 11.4. The van der Waals surface area contributed by atoms with Gasteiger partial charge >= 0.3 is 5.97 Å². The first-order valence-electron chi connectivity index (χ1n) is 11.4. The summed E-state index contributed by atoms with van der Waals surface area (Å²) in [5.74, 6) is -0.0463. The Morgan fingerprint density at radius 2 is 1.70 bits per heavy atom. The monoisotopic (exact) mass is 445 g/mol. The van der Waals surface area contributed by atoms with Gasteiger partial charge in [-0.15, -0.1) is 0 Å². The Morgan fingerprint density at radius 3 is 2.39 bits per heavy atom. The summed E-state index contributed by atoms with van der Waals surface area (Å²) in [5.41, 5.74) is 4.77. The number of hydrogen-bond acceptors (Lipinski definition) is 5. The third kappa shape index (κ3) is 5.03. The van der Waals surface area contributed by atoms with Crippen LogP contribution in [-0.2, 0) is 14.3 Å². The van der Waals surface area contributed by atoms with Gasteiger partial charge in [-0.3, -0.25) is 4.79 Å². The number of dihydropyridines is 1. The second-order valence-corrected chi connectivity index (χ2v) is 9.64. The van der Waals surface area contributed by atoms with Gasteiger partial charge in [0.2, 0.25) is 0 Å². The first-order chi connectivity index (χ1) is 15.7. The molecule has 172 valence electrons. The molecule has 5 heteroatoms. The molecule has 1 heterocycles. The maximum absolute atomic E-state index is 13.3. The van der Waals surface area contributed by atoms with E-state index in [1.54, 1.807) is 0 Å². The highest BCUT2D eigenvalue weighted by molar-refractivity contribution is 6.04. The van der Waals surface area contributed by atoms with Crippen molar-refractivity contribution >= 4 is 11.8 Å². The summed E-state index contributed by atoms with van der Waals surface area (Å²) in [4.78, 5) is 26.6. The molecule has 2 aromatic carbocycles. The molecular weight excluding hydrogens is 414 g/mol. The van der Waals surface area contributed by atoms with Crippen LogP contribution in [0.1, 0.15) is 50.7 Å². The van der Waals surface area contributed by atoms with Gasteiger partial charge in [-0.2, -0.15) is 0 Å². The highest BCUT2D eigenvalue weighted by Gasteiger charge is 2.43. The molecule has 0 radical (unpaired) electrons. The molecule has 0 bridgehead atoms. The van der Waals surface area contributed by atoms with Crippen LogP contribution >= 0.6 is 0 Å². The van der Waals surface area contributed by atoms with E-state index in [0.717, 1.165) is 34.7 Å². The van der Waals surface area contributed by atoms with Gasteiger partial charge in [-0.25, -0.2) is 4.79 Å². The van der Waals surface area contributed by atoms with Gasteiger partial charge < -0.3 is 14.8 Å². The zero-order chi connectivity index (χ0) is 23.6. The molecule has 1 aliphatic heterocycles. The summed E-state index contributed by atoms with van der Waals surface area (Å²) >= 11 is 0. The number of ether oxygens (including phenoxy) is 2. The van der Waals surface area contributed by atoms with Crippen LogP contribution < -0.4 is 10.1 Å². The van der Waals surface area contributed by atoms with Crippen molar-refractivity contribution in [3.63, 3.8) is 0 Å². The fourth-order valence-corrected chi connectivity index (χ4v) is 4.69. The highest BCUT2D eigenvalue weighted by Crippen LogP contribution is 2.46. The lowest BCUT2D eigenvalue weighted by molar-refractivity contribution is -0.140. The van der Waals surface area contributed by atoms with Crippen molar-refractivity contribution in [3.05, 3.63) is 88.3 Å². The van der Waals surface area contributed by atoms with Gasteiger partial charge in [0.25, 0.3) is 0 Å². The van der Waals surface area contributed by atoms with Gasteiger partial charge in [0, 0.05) is 29.3 Å². The van der Waals surface area contributed by atoms with Crippen molar-refractivity contribution in [1.29, 1.82) is 0 Å². The molecule has 4 rings (SSSR count). The number of esters is 1. The maximum atomic E-state index is 13.3. The first kappa shape index (κ1) is 22.8. The molecule has 0 saturated carbocycles. The lowest BCUT2D eigenvalue weighted by atomic mass is 9.68. The summed E-state index contributed by atoms with van der Waals surface area (Å²) in [6.45, 7) is 8.49. The Labute approximate surface area is 195 Å². The van der Waals surface area contributed by atoms with E-state index < -0.39 is 11.9 Å². The largest absolute Gasteiger partial charge is 0.490 e. The zero-order valence-corrected chi connectivity index (χ0v) is 19.7. The minimum atomic E-state index is -0.437. The van der Waals surface area contributed by atoms with E-state index in [0.29, 0.717) is 17.6 Å². The molecule has 0 amide bonds. The smallest absolute Gasteiger partial charge is 0.336 e. The molecule has 0 spiro atoms. The normalized spacial score (nSPS) is 19.6.